The number of anilines is 1. The van der Waals surface area contributed by atoms with E-state index in [1.165, 1.54) is 6.33 Å². The fraction of sp³-hybridized carbons (Fsp3) is 0.333. The van der Waals surface area contributed by atoms with Gasteiger partial charge in [-0.2, -0.15) is 5.10 Å². The van der Waals surface area contributed by atoms with Crippen molar-refractivity contribution in [2.24, 2.45) is 0 Å². The Morgan fingerprint density at radius 1 is 1.14 bits per heavy atom. The van der Waals surface area contributed by atoms with E-state index in [9.17, 15) is 9.90 Å². The molecule has 0 aliphatic heterocycles. The van der Waals surface area contributed by atoms with Crippen LogP contribution in [0.3, 0.4) is 0 Å². The molecular formula is C27H30N6O2. The third-order valence-corrected chi connectivity index (χ3v) is 6.97. The van der Waals surface area contributed by atoms with Gasteiger partial charge in [0.15, 0.2) is 5.65 Å². The zero-order valence-corrected chi connectivity index (χ0v) is 20.0. The van der Waals surface area contributed by atoms with Gasteiger partial charge >= 0.3 is 0 Å². The van der Waals surface area contributed by atoms with Gasteiger partial charge in [0.2, 0.25) is 0 Å². The van der Waals surface area contributed by atoms with Gasteiger partial charge in [0, 0.05) is 17.7 Å². The van der Waals surface area contributed by atoms with E-state index in [2.05, 4.69) is 15.3 Å². The molecule has 0 unspecified atom stereocenters. The molecule has 0 radical (unpaired) electrons. The topological polar surface area (TPSA) is 119 Å². The summed E-state index contributed by atoms with van der Waals surface area (Å²) < 4.78 is 1.95. The Bertz CT molecular complexity index is 1370. The van der Waals surface area contributed by atoms with Crippen LogP contribution in [0.15, 0.2) is 54.9 Å². The summed E-state index contributed by atoms with van der Waals surface area (Å²) in [4.78, 5) is 21.2. The van der Waals surface area contributed by atoms with Crippen molar-refractivity contribution in [3.8, 4) is 11.3 Å². The zero-order chi connectivity index (χ0) is 24.6. The second kappa shape index (κ2) is 9.11. The lowest BCUT2D eigenvalue weighted by atomic mass is 9.84. The van der Waals surface area contributed by atoms with E-state index in [1.54, 1.807) is 0 Å². The molecule has 0 bridgehead atoms. The Kier molecular flexibility index (Phi) is 5.98. The number of nitrogen functional groups attached to an aromatic ring is 1. The second-order valence-corrected chi connectivity index (χ2v) is 9.67. The van der Waals surface area contributed by atoms with Gasteiger partial charge in [-0.05, 0) is 56.7 Å². The summed E-state index contributed by atoms with van der Waals surface area (Å²) in [5, 5.41) is 19.0. The van der Waals surface area contributed by atoms with Crippen molar-refractivity contribution in [1.82, 2.24) is 25.1 Å². The average Bonchev–Trinajstić information content (AvgIpc) is 3.24. The fourth-order valence-electron chi connectivity index (χ4n) is 4.81. The van der Waals surface area contributed by atoms with Gasteiger partial charge in [0.05, 0.1) is 17.0 Å². The quantitative estimate of drug-likeness (QED) is 0.403. The number of aliphatic hydroxyl groups is 1. The Morgan fingerprint density at radius 3 is 2.57 bits per heavy atom. The van der Waals surface area contributed by atoms with E-state index in [-0.39, 0.29) is 11.9 Å². The van der Waals surface area contributed by atoms with Crippen molar-refractivity contribution in [1.29, 1.82) is 0 Å². The van der Waals surface area contributed by atoms with Crippen molar-refractivity contribution >= 4 is 22.8 Å². The first-order valence-corrected chi connectivity index (χ1v) is 12.0. The van der Waals surface area contributed by atoms with Crippen LogP contribution in [0, 0.1) is 6.92 Å². The minimum Gasteiger partial charge on any atom is -0.390 e. The Labute approximate surface area is 204 Å². The molecule has 8 nitrogen and oxygen atoms in total. The van der Waals surface area contributed by atoms with Gasteiger partial charge in [0.1, 0.15) is 17.8 Å². The maximum atomic E-state index is 12.5. The molecular weight excluding hydrogens is 440 g/mol. The van der Waals surface area contributed by atoms with E-state index in [4.69, 9.17) is 10.8 Å². The summed E-state index contributed by atoms with van der Waals surface area (Å²) in [5.41, 5.74) is 10.6. The number of nitrogens with zero attached hydrogens (tertiary/aromatic N) is 4. The molecule has 1 amide bonds. The number of nitrogens with one attached hydrogen (secondary N) is 1. The number of carbonyl (C=O) groups excluding carboxylic acids is 1. The van der Waals surface area contributed by atoms with Crippen molar-refractivity contribution < 1.29 is 9.90 Å². The number of amides is 1. The van der Waals surface area contributed by atoms with Crippen LogP contribution in [0.25, 0.3) is 22.3 Å². The van der Waals surface area contributed by atoms with Gasteiger partial charge in [-0.3, -0.25) is 4.79 Å². The first kappa shape index (κ1) is 23.0. The molecule has 4 N–H and O–H groups in total. The summed E-state index contributed by atoms with van der Waals surface area (Å²) in [7, 11) is 0. The average molecular weight is 471 g/mol. The van der Waals surface area contributed by atoms with E-state index in [0.717, 1.165) is 53.5 Å². The van der Waals surface area contributed by atoms with Crippen molar-refractivity contribution in [3.05, 3.63) is 71.5 Å². The highest BCUT2D eigenvalue weighted by atomic mass is 16.3. The standard InChI is InChI=1S/C27H30N6O2/c1-17-5-3-4-6-21(17)26(34)29-15-18-7-9-19(10-8-18)23-22-24(28)30-16-31-25(22)33(32-23)20-11-13-27(2,35)14-12-20/h3-10,16,20,35H,11-15H2,1-2H3,(H,29,34)(H2,28,30,31). The van der Waals surface area contributed by atoms with E-state index in [1.807, 2.05) is 67.1 Å². The summed E-state index contributed by atoms with van der Waals surface area (Å²) in [5.74, 6) is 0.307. The predicted octanol–water partition coefficient (Wildman–Crippen LogP) is 4.18. The summed E-state index contributed by atoms with van der Waals surface area (Å²) >= 11 is 0. The van der Waals surface area contributed by atoms with E-state index in [0.29, 0.717) is 23.6 Å². The summed E-state index contributed by atoms with van der Waals surface area (Å²) in [6, 6.07) is 15.6. The van der Waals surface area contributed by atoms with Gasteiger partial charge in [-0.1, -0.05) is 42.5 Å². The predicted molar refractivity (Wildman–Crippen MR) is 136 cm³/mol. The monoisotopic (exact) mass is 470 g/mol. The number of hydrogen-bond donors (Lipinski definition) is 3. The molecule has 2 heterocycles. The van der Waals surface area contributed by atoms with Gasteiger partial charge < -0.3 is 16.2 Å². The zero-order valence-electron chi connectivity index (χ0n) is 20.0. The molecule has 1 fully saturated rings. The molecule has 0 atom stereocenters. The third-order valence-electron chi connectivity index (χ3n) is 6.97. The number of aryl methyl sites for hydroxylation is 1. The van der Waals surface area contributed by atoms with Crippen LogP contribution in [-0.4, -0.2) is 36.4 Å². The molecule has 5 rings (SSSR count). The minimum absolute atomic E-state index is 0.0895. The number of hydrogen-bond acceptors (Lipinski definition) is 6. The highest BCUT2D eigenvalue weighted by Gasteiger charge is 2.31. The van der Waals surface area contributed by atoms with Gasteiger partial charge in [0.25, 0.3) is 5.91 Å². The second-order valence-electron chi connectivity index (χ2n) is 9.67. The third kappa shape index (κ3) is 4.61. The van der Waals surface area contributed by atoms with Crippen molar-refractivity contribution in [2.45, 2.75) is 57.7 Å². The van der Waals surface area contributed by atoms with Gasteiger partial charge in [-0.15, -0.1) is 0 Å². The molecule has 0 spiro atoms. The summed E-state index contributed by atoms with van der Waals surface area (Å²) in [6.45, 7) is 4.25. The van der Waals surface area contributed by atoms with Crippen LogP contribution >= 0.6 is 0 Å². The van der Waals surface area contributed by atoms with Crippen LogP contribution in [0.1, 0.15) is 60.1 Å². The van der Waals surface area contributed by atoms with Gasteiger partial charge in [-0.25, -0.2) is 14.6 Å². The molecule has 4 aromatic rings. The molecule has 1 aliphatic rings. The van der Waals surface area contributed by atoms with Crippen molar-refractivity contribution in [2.75, 3.05) is 5.73 Å². The van der Waals surface area contributed by atoms with Crippen LogP contribution in [0.5, 0.6) is 0 Å². The number of nitrogens with two attached hydrogens (primary N) is 1. The molecule has 35 heavy (non-hydrogen) atoms. The molecule has 2 aromatic heterocycles. The Morgan fingerprint density at radius 2 is 1.86 bits per heavy atom. The van der Waals surface area contributed by atoms with E-state index >= 15 is 0 Å². The lowest BCUT2D eigenvalue weighted by molar-refractivity contribution is 0.00900. The molecule has 8 heteroatoms. The number of fused-ring (bicyclic) bond motifs is 1. The van der Waals surface area contributed by atoms with Crippen LogP contribution in [-0.2, 0) is 6.54 Å². The lowest BCUT2D eigenvalue weighted by Crippen LogP contribution is -2.31. The Balaban J connectivity index is 1.39. The SMILES string of the molecule is Cc1ccccc1C(=O)NCc1ccc(-c2nn(C3CCC(C)(O)CC3)c3ncnc(N)c23)cc1. The number of aromatic nitrogens is 4. The van der Waals surface area contributed by atoms with Crippen LogP contribution < -0.4 is 11.1 Å². The molecule has 1 aliphatic carbocycles. The maximum Gasteiger partial charge on any atom is 0.251 e. The first-order valence-electron chi connectivity index (χ1n) is 12.0. The highest BCUT2D eigenvalue weighted by molar-refractivity contribution is 5.98. The Hall–Kier alpha value is -3.78. The molecule has 1 saturated carbocycles. The number of rotatable bonds is 5. The van der Waals surface area contributed by atoms with Crippen molar-refractivity contribution in [3.63, 3.8) is 0 Å². The number of carbonyl (C=O) groups is 1. The van der Waals surface area contributed by atoms with Crippen LogP contribution in [0.4, 0.5) is 5.82 Å². The maximum absolute atomic E-state index is 12.5. The van der Waals surface area contributed by atoms with E-state index < -0.39 is 5.60 Å². The molecule has 180 valence electrons. The lowest BCUT2D eigenvalue weighted by Gasteiger charge is -2.33. The number of benzene rings is 2. The first-order chi connectivity index (χ1) is 16.8. The fourth-order valence-corrected chi connectivity index (χ4v) is 4.81. The molecule has 2 aromatic carbocycles. The summed E-state index contributed by atoms with van der Waals surface area (Å²) in [6.07, 6.45) is 4.56. The highest BCUT2D eigenvalue weighted by Crippen LogP contribution is 2.38. The van der Waals surface area contributed by atoms with Crippen LogP contribution in [0.2, 0.25) is 0 Å². The largest absolute Gasteiger partial charge is 0.390 e. The molecule has 0 saturated heterocycles. The minimum atomic E-state index is -0.624. The normalized spacial score (nSPS) is 20.1. The smallest absolute Gasteiger partial charge is 0.251 e.